The smallest absolute Gasteiger partial charge is 0.406 e. The topological polar surface area (TPSA) is 96.0 Å². The molecule has 2 saturated heterocycles. The van der Waals surface area contributed by atoms with Crippen LogP contribution in [0.15, 0.2) is 29.2 Å². The molecular formula is C20H26F3N3O5S. The van der Waals surface area contributed by atoms with E-state index in [-0.39, 0.29) is 41.6 Å². The minimum Gasteiger partial charge on any atom is -0.406 e. The average Bonchev–Trinajstić information content (AvgIpc) is 2.77. The molecule has 1 aromatic rings. The Balaban J connectivity index is 1.58. The number of carbonyl (C=O) groups is 2. The predicted molar refractivity (Wildman–Crippen MR) is 108 cm³/mol. The van der Waals surface area contributed by atoms with Crippen molar-refractivity contribution >= 4 is 21.8 Å². The summed E-state index contributed by atoms with van der Waals surface area (Å²) in [6.45, 7) is 1.17. The molecule has 0 bridgehead atoms. The second kappa shape index (κ2) is 9.65. The SMILES string of the molecule is CNC(=O)C1CCN(C(=O)C2CCN(S(=O)(=O)c3cccc(OC(F)(F)F)c3)CC2)CC1. The number of amides is 2. The lowest BCUT2D eigenvalue weighted by Gasteiger charge is -2.36. The molecule has 0 radical (unpaired) electrons. The number of sulfonamides is 1. The Bertz CT molecular complexity index is 938. The van der Waals surface area contributed by atoms with E-state index in [0.29, 0.717) is 38.8 Å². The summed E-state index contributed by atoms with van der Waals surface area (Å²) in [5.41, 5.74) is 0. The van der Waals surface area contributed by atoms with E-state index in [0.717, 1.165) is 12.1 Å². The molecule has 0 aromatic heterocycles. The highest BCUT2D eigenvalue weighted by Gasteiger charge is 2.36. The van der Waals surface area contributed by atoms with Crippen molar-refractivity contribution in [2.24, 2.45) is 11.8 Å². The van der Waals surface area contributed by atoms with E-state index >= 15 is 0 Å². The Morgan fingerprint density at radius 2 is 1.62 bits per heavy atom. The molecular weight excluding hydrogens is 451 g/mol. The first kappa shape index (κ1) is 24.3. The normalized spacial score (nSPS) is 19.6. The van der Waals surface area contributed by atoms with E-state index in [9.17, 15) is 31.2 Å². The molecule has 2 aliphatic heterocycles. The van der Waals surface area contributed by atoms with Crippen molar-refractivity contribution in [3.8, 4) is 5.75 Å². The van der Waals surface area contributed by atoms with Crippen molar-refractivity contribution in [2.75, 3.05) is 33.2 Å². The summed E-state index contributed by atoms with van der Waals surface area (Å²) in [4.78, 5) is 26.0. The van der Waals surface area contributed by atoms with Gasteiger partial charge in [-0.3, -0.25) is 9.59 Å². The number of benzene rings is 1. The van der Waals surface area contributed by atoms with Crippen LogP contribution in [0, 0.1) is 11.8 Å². The van der Waals surface area contributed by atoms with Crippen LogP contribution in [0.4, 0.5) is 13.2 Å². The van der Waals surface area contributed by atoms with Gasteiger partial charge in [-0.05, 0) is 37.8 Å². The van der Waals surface area contributed by atoms with E-state index in [1.165, 1.54) is 16.4 Å². The van der Waals surface area contributed by atoms with E-state index in [2.05, 4.69) is 10.1 Å². The number of halogens is 3. The number of alkyl halides is 3. The molecule has 0 aliphatic carbocycles. The number of hydrogen-bond acceptors (Lipinski definition) is 5. The van der Waals surface area contributed by atoms with Crippen LogP contribution in [0.3, 0.4) is 0 Å². The maximum atomic E-state index is 12.9. The van der Waals surface area contributed by atoms with Crippen LogP contribution in [-0.4, -0.2) is 69.0 Å². The summed E-state index contributed by atoms with van der Waals surface area (Å²) in [7, 11) is -2.43. The fraction of sp³-hybridized carbons (Fsp3) is 0.600. The number of nitrogens with one attached hydrogen (secondary N) is 1. The van der Waals surface area contributed by atoms with Crippen LogP contribution < -0.4 is 10.1 Å². The van der Waals surface area contributed by atoms with Gasteiger partial charge in [0.1, 0.15) is 5.75 Å². The number of hydrogen-bond donors (Lipinski definition) is 1. The summed E-state index contributed by atoms with van der Waals surface area (Å²) in [6.07, 6.45) is -3.09. The predicted octanol–water partition coefficient (Wildman–Crippen LogP) is 1.97. The van der Waals surface area contributed by atoms with Gasteiger partial charge in [0.2, 0.25) is 21.8 Å². The Morgan fingerprint density at radius 3 is 2.19 bits per heavy atom. The Labute approximate surface area is 184 Å². The van der Waals surface area contributed by atoms with Gasteiger partial charge in [0, 0.05) is 51.1 Å². The van der Waals surface area contributed by atoms with Gasteiger partial charge in [-0.2, -0.15) is 4.31 Å². The van der Waals surface area contributed by atoms with Gasteiger partial charge in [0.25, 0.3) is 0 Å². The molecule has 32 heavy (non-hydrogen) atoms. The lowest BCUT2D eigenvalue weighted by Crippen LogP contribution is -2.47. The van der Waals surface area contributed by atoms with Crippen LogP contribution in [-0.2, 0) is 19.6 Å². The number of ether oxygens (including phenoxy) is 1. The highest BCUT2D eigenvalue weighted by Crippen LogP contribution is 2.29. The molecule has 2 fully saturated rings. The molecule has 8 nitrogen and oxygen atoms in total. The van der Waals surface area contributed by atoms with Crippen molar-refractivity contribution in [3.63, 3.8) is 0 Å². The molecule has 178 valence electrons. The summed E-state index contributed by atoms with van der Waals surface area (Å²) < 4.78 is 68.0. The van der Waals surface area contributed by atoms with Crippen LogP contribution in [0.5, 0.6) is 5.75 Å². The summed E-state index contributed by atoms with van der Waals surface area (Å²) in [6, 6.07) is 4.28. The lowest BCUT2D eigenvalue weighted by atomic mass is 9.92. The van der Waals surface area contributed by atoms with Crippen molar-refractivity contribution in [2.45, 2.75) is 36.9 Å². The minimum atomic E-state index is -4.92. The van der Waals surface area contributed by atoms with E-state index in [4.69, 9.17) is 0 Å². The van der Waals surface area contributed by atoms with Crippen molar-refractivity contribution in [3.05, 3.63) is 24.3 Å². The monoisotopic (exact) mass is 477 g/mol. The third kappa shape index (κ3) is 5.71. The fourth-order valence-corrected chi connectivity index (χ4v) is 5.65. The number of piperidine rings is 2. The Hall–Kier alpha value is -2.34. The Kier molecular flexibility index (Phi) is 7.33. The standard InChI is InChI=1S/C20H26F3N3O5S/c1-24-18(27)14-5-9-25(10-6-14)19(28)15-7-11-26(12-8-15)32(29,30)17-4-2-3-16(13-17)31-20(21,22)23/h2-4,13-15H,5-12H2,1H3,(H,24,27). The lowest BCUT2D eigenvalue weighted by molar-refractivity contribution is -0.274. The molecule has 12 heteroatoms. The van der Waals surface area contributed by atoms with Crippen molar-refractivity contribution < 1.29 is 35.9 Å². The molecule has 3 rings (SSSR count). The second-order valence-electron chi connectivity index (χ2n) is 7.91. The molecule has 2 amide bonds. The molecule has 2 heterocycles. The summed E-state index contributed by atoms with van der Waals surface area (Å²) in [5.74, 6) is -1.10. The summed E-state index contributed by atoms with van der Waals surface area (Å²) in [5, 5.41) is 2.62. The van der Waals surface area contributed by atoms with Gasteiger partial charge in [-0.1, -0.05) is 6.07 Å². The van der Waals surface area contributed by atoms with E-state index < -0.39 is 22.1 Å². The number of nitrogens with zero attached hydrogens (tertiary/aromatic N) is 2. The van der Waals surface area contributed by atoms with Gasteiger partial charge < -0.3 is 15.0 Å². The first-order valence-electron chi connectivity index (χ1n) is 10.4. The van der Waals surface area contributed by atoms with Gasteiger partial charge in [0.05, 0.1) is 4.90 Å². The van der Waals surface area contributed by atoms with Crippen molar-refractivity contribution in [1.29, 1.82) is 0 Å². The zero-order chi connectivity index (χ0) is 23.5. The average molecular weight is 478 g/mol. The number of likely N-dealkylation sites (tertiary alicyclic amines) is 1. The van der Waals surface area contributed by atoms with Gasteiger partial charge in [-0.15, -0.1) is 13.2 Å². The number of rotatable bonds is 5. The van der Waals surface area contributed by atoms with Gasteiger partial charge in [-0.25, -0.2) is 8.42 Å². The molecule has 0 atom stereocenters. The third-order valence-electron chi connectivity index (χ3n) is 5.90. The zero-order valence-corrected chi connectivity index (χ0v) is 18.4. The van der Waals surface area contributed by atoms with Gasteiger partial charge >= 0.3 is 6.36 Å². The van der Waals surface area contributed by atoms with E-state index in [1.54, 1.807) is 11.9 Å². The quantitative estimate of drug-likeness (QED) is 0.700. The third-order valence-corrected chi connectivity index (χ3v) is 7.80. The largest absolute Gasteiger partial charge is 0.573 e. The van der Waals surface area contributed by atoms with Crippen LogP contribution >= 0.6 is 0 Å². The molecule has 0 spiro atoms. The maximum Gasteiger partial charge on any atom is 0.573 e. The van der Waals surface area contributed by atoms with Crippen LogP contribution in [0.2, 0.25) is 0 Å². The molecule has 1 N–H and O–H groups in total. The molecule has 0 unspecified atom stereocenters. The molecule has 2 aliphatic rings. The molecule has 0 saturated carbocycles. The van der Waals surface area contributed by atoms with Crippen molar-refractivity contribution in [1.82, 2.24) is 14.5 Å². The minimum absolute atomic E-state index is 0.0275. The number of carbonyl (C=O) groups excluding carboxylic acids is 2. The first-order valence-corrected chi connectivity index (χ1v) is 11.8. The highest BCUT2D eigenvalue weighted by molar-refractivity contribution is 7.89. The van der Waals surface area contributed by atoms with Crippen LogP contribution in [0.25, 0.3) is 0 Å². The Morgan fingerprint density at radius 1 is 1.03 bits per heavy atom. The highest BCUT2D eigenvalue weighted by atomic mass is 32.2. The zero-order valence-electron chi connectivity index (χ0n) is 17.6. The summed E-state index contributed by atoms with van der Waals surface area (Å²) >= 11 is 0. The molecule has 1 aromatic carbocycles. The maximum absolute atomic E-state index is 12.9. The van der Waals surface area contributed by atoms with E-state index in [1.807, 2.05) is 0 Å². The second-order valence-corrected chi connectivity index (χ2v) is 9.85. The fourth-order valence-electron chi connectivity index (χ4n) is 4.15. The van der Waals surface area contributed by atoms with Gasteiger partial charge in [0.15, 0.2) is 0 Å². The van der Waals surface area contributed by atoms with Crippen LogP contribution in [0.1, 0.15) is 25.7 Å². The first-order chi connectivity index (χ1) is 15.0.